The maximum atomic E-state index is 13.9. The molecule has 1 N–H and O–H groups in total. The summed E-state index contributed by atoms with van der Waals surface area (Å²) in [6.07, 6.45) is 2.91. The summed E-state index contributed by atoms with van der Waals surface area (Å²) in [5, 5.41) is 3.90. The van der Waals surface area contributed by atoms with Crippen LogP contribution in [0.2, 0.25) is 0 Å². The number of Topliss-reactive ketones (excluding diaryl/α,β-unsaturated/α-hetero) is 1. The Morgan fingerprint density at radius 1 is 0.800 bits per heavy atom. The number of ketones is 1. The highest BCUT2D eigenvalue weighted by molar-refractivity contribution is 5.93. The lowest BCUT2D eigenvalue weighted by atomic mass is 9.52. The molecule has 1 saturated heterocycles. The molecule has 2 aliphatic rings. The number of piperidine rings is 1. The van der Waals surface area contributed by atoms with Crippen LogP contribution in [0.15, 0.2) is 48.5 Å². The second-order valence-corrected chi connectivity index (χ2v) is 9.05. The van der Waals surface area contributed by atoms with Gasteiger partial charge in [0.25, 0.3) is 0 Å². The summed E-state index contributed by atoms with van der Waals surface area (Å²) >= 11 is 0. The van der Waals surface area contributed by atoms with Gasteiger partial charge in [0.15, 0.2) is 0 Å². The number of benzene rings is 2. The van der Waals surface area contributed by atoms with Gasteiger partial charge in [-0.3, -0.25) is 4.79 Å². The van der Waals surface area contributed by atoms with Crippen LogP contribution < -0.4 is 14.8 Å². The van der Waals surface area contributed by atoms with Crippen LogP contribution >= 0.6 is 0 Å². The van der Waals surface area contributed by atoms with Crippen molar-refractivity contribution >= 4 is 5.78 Å². The minimum absolute atomic E-state index is 0.0226. The molecule has 0 unspecified atom stereocenters. The number of carbonyl (C=O) groups is 1. The van der Waals surface area contributed by atoms with Crippen LogP contribution in [0, 0.1) is 10.8 Å². The van der Waals surface area contributed by atoms with E-state index in [0.29, 0.717) is 19.0 Å². The first-order valence-electron chi connectivity index (χ1n) is 11.2. The standard InChI is InChI=1S/C26H33NO3/c1-5-29-20-12-8-18(9-13-20)22-25(3)16-7-17-26(4,24(25)28)23(27-22)19-10-14-21(15-11-19)30-6-2/h8-15,22-23,27H,5-7,16-17H2,1-4H3/t22-,23+,25+,26-. The lowest BCUT2D eigenvalue weighted by Crippen LogP contribution is -2.61. The molecule has 2 aromatic carbocycles. The molecule has 0 spiro atoms. The van der Waals surface area contributed by atoms with E-state index in [1.165, 1.54) is 0 Å². The Labute approximate surface area is 180 Å². The van der Waals surface area contributed by atoms with Crippen molar-refractivity contribution in [2.75, 3.05) is 13.2 Å². The number of hydrogen-bond donors (Lipinski definition) is 1. The average Bonchev–Trinajstić information content (AvgIpc) is 2.74. The number of carbonyl (C=O) groups excluding carboxylic acids is 1. The third kappa shape index (κ3) is 3.41. The van der Waals surface area contributed by atoms with Crippen molar-refractivity contribution < 1.29 is 14.3 Å². The van der Waals surface area contributed by atoms with Gasteiger partial charge >= 0.3 is 0 Å². The van der Waals surface area contributed by atoms with Crippen molar-refractivity contribution in [3.05, 3.63) is 59.7 Å². The Hall–Kier alpha value is -2.33. The molecule has 30 heavy (non-hydrogen) atoms. The highest BCUT2D eigenvalue weighted by Gasteiger charge is 2.60. The molecule has 2 fully saturated rings. The molecule has 0 radical (unpaired) electrons. The Balaban J connectivity index is 1.71. The maximum Gasteiger partial charge on any atom is 0.148 e. The van der Waals surface area contributed by atoms with Crippen molar-refractivity contribution in [1.82, 2.24) is 5.32 Å². The topological polar surface area (TPSA) is 47.6 Å². The Bertz CT molecular complexity index is 820. The maximum absolute atomic E-state index is 13.9. The Kier molecular flexibility index (Phi) is 5.63. The third-order valence-electron chi connectivity index (χ3n) is 7.09. The van der Waals surface area contributed by atoms with Crippen molar-refractivity contribution in [2.45, 2.75) is 59.0 Å². The fourth-order valence-corrected chi connectivity index (χ4v) is 5.56. The van der Waals surface area contributed by atoms with Crippen molar-refractivity contribution in [2.24, 2.45) is 10.8 Å². The molecule has 2 bridgehead atoms. The SMILES string of the molecule is CCOc1ccc([C@H]2N[C@@H](c3ccc(OCC)cc3)[C@@]3(C)CCC[C@]2(C)C3=O)cc1. The minimum Gasteiger partial charge on any atom is -0.494 e. The average molecular weight is 408 g/mol. The summed E-state index contributed by atoms with van der Waals surface area (Å²) in [7, 11) is 0. The van der Waals surface area contributed by atoms with E-state index in [2.05, 4.69) is 43.4 Å². The fourth-order valence-electron chi connectivity index (χ4n) is 5.56. The quantitative estimate of drug-likeness (QED) is 0.674. The number of fused-ring (bicyclic) bond motifs is 2. The van der Waals surface area contributed by atoms with Crippen LogP contribution in [-0.4, -0.2) is 19.0 Å². The van der Waals surface area contributed by atoms with Gasteiger partial charge in [-0.15, -0.1) is 0 Å². The summed E-state index contributed by atoms with van der Waals surface area (Å²) in [4.78, 5) is 13.9. The van der Waals surface area contributed by atoms with Crippen LogP contribution in [0.4, 0.5) is 0 Å². The second kappa shape index (κ2) is 8.07. The molecule has 1 heterocycles. The molecule has 160 valence electrons. The van der Waals surface area contributed by atoms with Gasteiger partial charge in [0.1, 0.15) is 17.3 Å². The van der Waals surface area contributed by atoms with E-state index >= 15 is 0 Å². The first kappa shape index (κ1) is 20.9. The fraction of sp³-hybridized carbons (Fsp3) is 0.500. The van der Waals surface area contributed by atoms with Crippen LogP contribution in [0.5, 0.6) is 11.5 Å². The molecule has 0 amide bonds. The lowest BCUT2D eigenvalue weighted by molar-refractivity contribution is -0.153. The van der Waals surface area contributed by atoms with Gasteiger partial charge in [0.05, 0.1) is 13.2 Å². The van der Waals surface area contributed by atoms with E-state index in [-0.39, 0.29) is 12.1 Å². The number of rotatable bonds is 6. The van der Waals surface area contributed by atoms with Crippen LogP contribution in [0.25, 0.3) is 0 Å². The normalized spacial score (nSPS) is 30.7. The first-order chi connectivity index (χ1) is 14.4. The van der Waals surface area contributed by atoms with Gasteiger partial charge < -0.3 is 14.8 Å². The predicted octanol–water partition coefficient (Wildman–Crippen LogP) is 5.64. The van der Waals surface area contributed by atoms with Crippen molar-refractivity contribution in [3.8, 4) is 11.5 Å². The first-order valence-corrected chi connectivity index (χ1v) is 11.2. The summed E-state index contributed by atoms with van der Waals surface area (Å²) in [5.41, 5.74) is 1.49. The molecule has 0 aromatic heterocycles. The number of ether oxygens (including phenoxy) is 2. The summed E-state index contributed by atoms with van der Waals surface area (Å²) in [6, 6.07) is 16.4. The number of hydrogen-bond acceptors (Lipinski definition) is 4. The number of nitrogens with one attached hydrogen (secondary N) is 1. The third-order valence-corrected chi connectivity index (χ3v) is 7.09. The summed E-state index contributed by atoms with van der Waals surface area (Å²) in [6.45, 7) is 9.57. The van der Waals surface area contributed by atoms with Gasteiger partial charge in [-0.05, 0) is 62.1 Å². The van der Waals surface area contributed by atoms with Gasteiger partial charge in [-0.1, -0.05) is 44.5 Å². The van der Waals surface area contributed by atoms with Gasteiger partial charge in [0.2, 0.25) is 0 Å². The molecule has 4 rings (SSSR count). The van der Waals surface area contributed by atoms with Crippen molar-refractivity contribution in [3.63, 3.8) is 0 Å². The highest BCUT2D eigenvalue weighted by Crippen LogP contribution is 2.58. The molecule has 1 saturated carbocycles. The summed E-state index contributed by atoms with van der Waals surface area (Å²) in [5.74, 6) is 2.12. The molecule has 4 heteroatoms. The summed E-state index contributed by atoms with van der Waals surface area (Å²) < 4.78 is 11.2. The Morgan fingerprint density at radius 2 is 1.20 bits per heavy atom. The van der Waals surface area contributed by atoms with Crippen LogP contribution in [-0.2, 0) is 4.79 Å². The smallest absolute Gasteiger partial charge is 0.148 e. The van der Waals surface area contributed by atoms with Gasteiger partial charge in [-0.25, -0.2) is 0 Å². The van der Waals surface area contributed by atoms with E-state index < -0.39 is 10.8 Å². The van der Waals surface area contributed by atoms with E-state index in [9.17, 15) is 4.79 Å². The minimum atomic E-state index is -0.401. The van der Waals surface area contributed by atoms with Crippen molar-refractivity contribution in [1.29, 1.82) is 0 Å². The van der Waals surface area contributed by atoms with E-state index in [1.54, 1.807) is 0 Å². The second-order valence-electron chi connectivity index (χ2n) is 9.05. The van der Waals surface area contributed by atoms with E-state index in [4.69, 9.17) is 9.47 Å². The molecule has 4 nitrogen and oxygen atoms in total. The zero-order valence-electron chi connectivity index (χ0n) is 18.5. The molecule has 4 atom stereocenters. The molecular weight excluding hydrogens is 374 g/mol. The van der Waals surface area contributed by atoms with E-state index in [1.807, 2.05) is 38.1 Å². The van der Waals surface area contributed by atoms with Crippen LogP contribution in [0.3, 0.4) is 0 Å². The molecule has 1 aliphatic carbocycles. The Morgan fingerprint density at radius 3 is 1.57 bits per heavy atom. The largest absolute Gasteiger partial charge is 0.494 e. The highest BCUT2D eigenvalue weighted by atomic mass is 16.5. The molecule has 1 aliphatic heterocycles. The van der Waals surface area contributed by atoms with E-state index in [0.717, 1.165) is 41.9 Å². The predicted molar refractivity (Wildman–Crippen MR) is 119 cm³/mol. The monoisotopic (exact) mass is 407 g/mol. The molecule has 2 aromatic rings. The van der Waals surface area contributed by atoms with Crippen LogP contribution in [0.1, 0.15) is 70.2 Å². The lowest BCUT2D eigenvalue weighted by Gasteiger charge is -2.56. The van der Waals surface area contributed by atoms with Gasteiger partial charge in [-0.2, -0.15) is 0 Å². The van der Waals surface area contributed by atoms with Gasteiger partial charge in [0, 0.05) is 22.9 Å². The molecular formula is C26H33NO3. The zero-order valence-corrected chi connectivity index (χ0v) is 18.5. The zero-order chi connectivity index (χ0) is 21.4.